The second kappa shape index (κ2) is 11.7. The zero-order valence-corrected chi connectivity index (χ0v) is 24.1. The van der Waals surface area contributed by atoms with Crippen molar-refractivity contribution in [3.05, 3.63) is 68.6 Å². The van der Waals surface area contributed by atoms with Crippen LogP contribution in [0.25, 0.3) is 11.3 Å². The Kier molecular flexibility index (Phi) is 8.86. The van der Waals surface area contributed by atoms with Crippen LogP contribution < -0.4 is 11.2 Å². The maximum absolute atomic E-state index is 13.0. The largest absolute Gasteiger partial charge is 0.388 e. The van der Waals surface area contributed by atoms with E-state index < -0.39 is 54.2 Å². The number of nitrogens with one attached hydrogen (secondary N) is 2. The van der Waals surface area contributed by atoms with Crippen LogP contribution in [-0.4, -0.2) is 74.4 Å². The predicted molar refractivity (Wildman–Crippen MR) is 147 cm³/mol. The summed E-state index contributed by atoms with van der Waals surface area (Å²) in [6.07, 6.45) is -3.93. The summed E-state index contributed by atoms with van der Waals surface area (Å²) in [5.41, 5.74) is -1.60. The summed E-state index contributed by atoms with van der Waals surface area (Å²) >= 11 is 0. The zero-order chi connectivity index (χ0) is 30.2. The lowest BCUT2D eigenvalue weighted by molar-refractivity contribution is -0.0534. The molecule has 224 valence electrons. The average molecular weight is 594 g/mol. The van der Waals surface area contributed by atoms with E-state index in [1.807, 2.05) is 30.3 Å². The standard InChI is InChI=1S/C26H36N5O9P/c1-5-25(3,40-41(37,38)26(4,36)6-2)12-18-20(32)21(33)22(39-18)19-17(27-24(35)28-23(19)34)14-31-13-16(29-30-31)15-10-8-7-9-11-15/h7-11,13,18,20-22,32-33,36H,5-6,12,14H2,1-4H3,(H,37,38)(H2,27,28,34,35)/t18-,20?,21?,22+,25?,26?/m1/s1. The van der Waals surface area contributed by atoms with Crippen LogP contribution >= 0.6 is 7.60 Å². The van der Waals surface area contributed by atoms with E-state index in [2.05, 4.69) is 20.3 Å². The van der Waals surface area contributed by atoms with E-state index in [1.54, 1.807) is 20.0 Å². The second-order valence-corrected chi connectivity index (χ2v) is 12.9. The van der Waals surface area contributed by atoms with E-state index in [1.165, 1.54) is 18.5 Å². The summed E-state index contributed by atoms with van der Waals surface area (Å²) in [5.74, 6) is 0. The summed E-state index contributed by atoms with van der Waals surface area (Å²) in [6.45, 7) is 5.87. The molecule has 0 aliphatic carbocycles. The number of benzene rings is 1. The van der Waals surface area contributed by atoms with Gasteiger partial charge in [0.2, 0.25) is 0 Å². The maximum Gasteiger partial charge on any atom is 0.359 e. The van der Waals surface area contributed by atoms with E-state index in [4.69, 9.17) is 9.26 Å². The quantitative estimate of drug-likeness (QED) is 0.175. The van der Waals surface area contributed by atoms with Gasteiger partial charge in [-0.2, -0.15) is 0 Å². The van der Waals surface area contributed by atoms with E-state index in [0.29, 0.717) is 5.69 Å². The Morgan fingerprint density at radius 1 is 1.10 bits per heavy atom. The van der Waals surface area contributed by atoms with Crippen LogP contribution in [0.1, 0.15) is 64.3 Å². The zero-order valence-electron chi connectivity index (χ0n) is 23.2. The molecule has 0 bridgehead atoms. The Hall–Kier alpha value is -2.97. The number of H-pyrrole nitrogens is 2. The number of aromatic nitrogens is 5. The number of aromatic amines is 2. The highest BCUT2D eigenvalue weighted by Gasteiger charge is 2.51. The Balaban J connectivity index is 1.60. The molecule has 0 spiro atoms. The average Bonchev–Trinajstić information content (AvgIpc) is 3.49. The molecule has 7 atom stereocenters. The van der Waals surface area contributed by atoms with Crippen LogP contribution in [0.2, 0.25) is 0 Å². The van der Waals surface area contributed by atoms with Gasteiger partial charge in [-0.25, -0.2) is 9.48 Å². The van der Waals surface area contributed by atoms with Gasteiger partial charge in [-0.3, -0.25) is 14.3 Å². The van der Waals surface area contributed by atoms with E-state index in [9.17, 15) is 34.4 Å². The van der Waals surface area contributed by atoms with Crippen LogP contribution in [0.3, 0.4) is 0 Å². The number of nitrogens with zero attached hydrogens (tertiary/aromatic N) is 3. The van der Waals surface area contributed by atoms with Crippen molar-refractivity contribution in [1.82, 2.24) is 25.0 Å². The number of aliphatic hydroxyl groups is 3. The molecule has 5 unspecified atom stereocenters. The molecule has 1 aromatic carbocycles. The molecule has 1 saturated heterocycles. The molecule has 4 rings (SSSR count). The molecule has 6 N–H and O–H groups in total. The molecular weight excluding hydrogens is 557 g/mol. The Morgan fingerprint density at radius 3 is 2.41 bits per heavy atom. The predicted octanol–water partition coefficient (Wildman–Crippen LogP) is 1.41. The normalized spacial score (nSPS) is 25.4. The monoisotopic (exact) mass is 593 g/mol. The van der Waals surface area contributed by atoms with Crippen LogP contribution in [0.5, 0.6) is 0 Å². The molecular formula is C26H36N5O9P. The highest BCUT2D eigenvalue weighted by molar-refractivity contribution is 7.54. The molecule has 3 heterocycles. The first kappa shape index (κ1) is 31.0. The Morgan fingerprint density at radius 2 is 1.78 bits per heavy atom. The van der Waals surface area contributed by atoms with Gasteiger partial charge in [0.25, 0.3) is 5.56 Å². The summed E-state index contributed by atoms with van der Waals surface area (Å²) in [5, 5.41) is 38.4. The maximum atomic E-state index is 13.0. The first-order valence-corrected chi connectivity index (χ1v) is 14.9. The third-order valence-corrected chi connectivity index (χ3v) is 9.86. The van der Waals surface area contributed by atoms with Crippen LogP contribution in [-0.2, 0) is 20.4 Å². The summed E-state index contributed by atoms with van der Waals surface area (Å²) in [4.78, 5) is 40.3. The molecule has 2 aromatic heterocycles. The SMILES string of the molecule is CCC(C)(C[C@H]1O[C@@H](c2c(Cn3cc(-c4ccccc4)nn3)[nH]c(=O)[nH]c2=O)C(O)C1O)OP(=O)(O)C(C)(O)CC. The molecule has 1 aliphatic heterocycles. The summed E-state index contributed by atoms with van der Waals surface area (Å²) in [6, 6.07) is 9.27. The van der Waals surface area contributed by atoms with Crippen molar-refractivity contribution < 1.29 is 34.0 Å². The third-order valence-electron chi connectivity index (χ3n) is 7.64. The molecule has 1 fully saturated rings. The van der Waals surface area contributed by atoms with Crippen molar-refractivity contribution >= 4 is 7.60 Å². The lowest BCUT2D eigenvalue weighted by atomic mass is 9.92. The van der Waals surface area contributed by atoms with Crippen molar-refractivity contribution in [1.29, 1.82) is 0 Å². The molecule has 3 aromatic rings. The lowest BCUT2D eigenvalue weighted by Gasteiger charge is -2.37. The highest BCUT2D eigenvalue weighted by Crippen LogP contribution is 2.59. The minimum absolute atomic E-state index is 0.0414. The lowest BCUT2D eigenvalue weighted by Crippen LogP contribution is -2.40. The van der Waals surface area contributed by atoms with Crippen LogP contribution in [0, 0.1) is 0 Å². The molecule has 15 heteroatoms. The first-order chi connectivity index (χ1) is 19.2. The summed E-state index contributed by atoms with van der Waals surface area (Å²) in [7, 11) is -4.53. The van der Waals surface area contributed by atoms with Crippen molar-refractivity contribution in [2.24, 2.45) is 0 Å². The number of aliphatic hydroxyl groups excluding tert-OH is 2. The van der Waals surface area contributed by atoms with Gasteiger partial charge < -0.3 is 34.5 Å². The van der Waals surface area contributed by atoms with Gasteiger partial charge in [0.1, 0.15) is 24.0 Å². The van der Waals surface area contributed by atoms with E-state index in [0.717, 1.165) is 5.56 Å². The molecule has 41 heavy (non-hydrogen) atoms. The molecule has 0 amide bonds. The van der Waals surface area contributed by atoms with Crippen LogP contribution in [0.4, 0.5) is 0 Å². The van der Waals surface area contributed by atoms with Crippen molar-refractivity contribution in [2.75, 3.05) is 0 Å². The fourth-order valence-electron chi connectivity index (χ4n) is 4.67. The smallest absolute Gasteiger partial charge is 0.359 e. The second-order valence-electron chi connectivity index (χ2n) is 10.7. The molecule has 1 aliphatic rings. The fraction of sp³-hybridized carbons (Fsp3) is 0.538. The van der Waals surface area contributed by atoms with Crippen LogP contribution in [0.15, 0.2) is 46.1 Å². The number of hydrogen-bond acceptors (Lipinski definition) is 10. The van der Waals surface area contributed by atoms with Gasteiger partial charge in [-0.05, 0) is 26.7 Å². The van der Waals surface area contributed by atoms with Gasteiger partial charge in [-0.15, -0.1) is 5.10 Å². The molecule has 14 nitrogen and oxygen atoms in total. The fourth-order valence-corrected chi connectivity index (χ4v) is 6.07. The van der Waals surface area contributed by atoms with Crippen molar-refractivity contribution in [3.63, 3.8) is 0 Å². The summed E-state index contributed by atoms with van der Waals surface area (Å²) < 4.78 is 25.8. The van der Waals surface area contributed by atoms with Gasteiger partial charge >= 0.3 is 13.3 Å². The number of ether oxygens (including phenoxy) is 1. The Labute approximate surface area is 235 Å². The minimum Gasteiger partial charge on any atom is -0.388 e. The third kappa shape index (κ3) is 6.44. The van der Waals surface area contributed by atoms with E-state index >= 15 is 0 Å². The molecule has 0 radical (unpaired) electrons. The van der Waals surface area contributed by atoms with Crippen molar-refractivity contribution in [3.8, 4) is 11.3 Å². The van der Waals surface area contributed by atoms with Crippen molar-refractivity contribution in [2.45, 2.75) is 88.9 Å². The van der Waals surface area contributed by atoms with Gasteiger partial charge in [0, 0.05) is 12.0 Å². The van der Waals surface area contributed by atoms with Gasteiger partial charge in [-0.1, -0.05) is 49.4 Å². The van der Waals surface area contributed by atoms with E-state index in [-0.39, 0.29) is 37.1 Å². The number of hydrogen-bond donors (Lipinski definition) is 6. The highest BCUT2D eigenvalue weighted by atomic mass is 31.2. The Bertz CT molecular complexity index is 1520. The molecule has 0 saturated carbocycles. The van der Waals surface area contributed by atoms with Gasteiger partial charge in [0.15, 0.2) is 5.34 Å². The van der Waals surface area contributed by atoms with Gasteiger partial charge in [0.05, 0.1) is 35.7 Å². The number of rotatable bonds is 11. The first-order valence-electron chi connectivity index (χ1n) is 13.3. The topological polar surface area (TPSA) is 213 Å². The minimum atomic E-state index is -4.53.